The zero-order valence-corrected chi connectivity index (χ0v) is 10.8. The van der Waals surface area contributed by atoms with Crippen molar-refractivity contribution >= 4 is 0 Å². The third kappa shape index (κ3) is 2.77. The van der Waals surface area contributed by atoms with Gasteiger partial charge in [-0.3, -0.25) is 0 Å². The number of alkyl halides is 3. The van der Waals surface area contributed by atoms with E-state index in [1.807, 2.05) is 0 Å². The van der Waals surface area contributed by atoms with E-state index >= 15 is 0 Å². The molecule has 1 aromatic heterocycles. The van der Waals surface area contributed by atoms with E-state index in [4.69, 9.17) is 4.74 Å². The van der Waals surface area contributed by atoms with E-state index in [0.717, 1.165) is 0 Å². The van der Waals surface area contributed by atoms with Crippen molar-refractivity contribution < 1.29 is 23.0 Å². The molecule has 0 aliphatic carbocycles. The van der Waals surface area contributed by atoms with Crippen LogP contribution in [0.2, 0.25) is 0 Å². The summed E-state index contributed by atoms with van der Waals surface area (Å²) in [5.41, 5.74) is 0.504. The van der Waals surface area contributed by atoms with Gasteiger partial charge in [-0.25, -0.2) is 4.68 Å². The molecule has 2 aromatic rings. The second-order valence-electron chi connectivity index (χ2n) is 4.27. The molecule has 20 heavy (non-hydrogen) atoms. The highest BCUT2D eigenvalue weighted by Gasteiger charge is 2.40. The molecule has 1 heterocycles. The molecule has 1 aromatic carbocycles. The fourth-order valence-corrected chi connectivity index (χ4v) is 1.81. The Bertz CT molecular complexity index is 608. The van der Waals surface area contributed by atoms with Crippen LogP contribution in [0.1, 0.15) is 17.4 Å². The van der Waals surface area contributed by atoms with Crippen molar-refractivity contribution in [2.75, 3.05) is 7.11 Å². The number of aliphatic hydroxyl groups is 1. The van der Waals surface area contributed by atoms with Gasteiger partial charge in [0.2, 0.25) is 0 Å². The number of rotatable bonds is 3. The van der Waals surface area contributed by atoms with Gasteiger partial charge in [-0.1, -0.05) is 6.07 Å². The second-order valence-corrected chi connectivity index (χ2v) is 4.27. The molecule has 0 unspecified atom stereocenters. The van der Waals surface area contributed by atoms with E-state index in [-0.39, 0.29) is 11.3 Å². The molecule has 0 aliphatic rings. The van der Waals surface area contributed by atoms with Crippen LogP contribution in [0.4, 0.5) is 13.2 Å². The number of aromatic nitrogens is 2. The maximum Gasteiger partial charge on any atom is 0.418 e. The standard InChI is InChI=1S/C13H13F3N2O2/c1-8-5-6-18(17-8)11-7-9(20-2)3-4-10(11)12(19)13(14,15)16/h3-7,12,19H,1-2H3/t12-/m1/s1. The molecule has 0 spiro atoms. The summed E-state index contributed by atoms with van der Waals surface area (Å²) in [4.78, 5) is 0. The minimum atomic E-state index is -4.74. The lowest BCUT2D eigenvalue weighted by molar-refractivity contribution is -0.206. The van der Waals surface area contributed by atoms with Crippen LogP contribution >= 0.6 is 0 Å². The van der Waals surface area contributed by atoms with Crippen molar-refractivity contribution in [3.05, 3.63) is 41.7 Å². The summed E-state index contributed by atoms with van der Waals surface area (Å²) in [5, 5.41) is 13.5. The van der Waals surface area contributed by atoms with Gasteiger partial charge in [0.1, 0.15) is 5.75 Å². The summed E-state index contributed by atoms with van der Waals surface area (Å²) in [6.07, 6.45) is -5.80. The van der Waals surface area contributed by atoms with Crippen LogP contribution in [0.5, 0.6) is 5.75 Å². The molecular weight excluding hydrogens is 273 g/mol. The lowest BCUT2D eigenvalue weighted by Crippen LogP contribution is -2.22. The summed E-state index contributed by atoms with van der Waals surface area (Å²) in [5.74, 6) is 0.381. The molecule has 0 aliphatic heterocycles. The van der Waals surface area contributed by atoms with Crippen LogP contribution in [0.15, 0.2) is 30.5 Å². The molecule has 1 N–H and O–H groups in total. The normalized spacial score (nSPS) is 13.3. The highest BCUT2D eigenvalue weighted by atomic mass is 19.4. The molecule has 0 radical (unpaired) electrons. The number of nitrogens with zero attached hydrogens (tertiary/aromatic N) is 2. The molecule has 0 saturated carbocycles. The Labute approximate surface area is 113 Å². The summed E-state index contributed by atoms with van der Waals surface area (Å²) in [6, 6.07) is 5.60. The molecule has 0 saturated heterocycles. The number of hydrogen-bond donors (Lipinski definition) is 1. The Morgan fingerprint density at radius 3 is 2.50 bits per heavy atom. The van der Waals surface area contributed by atoms with Gasteiger partial charge in [-0.15, -0.1) is 0 Å². The fraction of sp³-hybridized carbons (Fsp3) is 0.308. The lowest BCUT2D eigenvalue weighted by atomic mass is 10.1. The number of halogens is 3. The minimum absolute atomic E-state index is 0.127. The van der Waals surface area contributed by atoms with Gasteiger partial charge in [-0.2, -0.15) is 18.3 Å². The lowest BCUT2D eigenvalue weighted by Gasteiger charge is -2.19. The van der Waals surface area contributed by atoms with Crippen molar-refractivity contribution in [1.29, 1.82) is 0 Å². The van der Waals surface area contributed by atoms with Gasteiger partial charge < -0.3 is 9.84 Å². The Morgan fingerprint density at radius 1 is 1.30 bits per heavy atom. The monoisotopic (exact) mass is 286 g/mol. The fourth-order valence-electron chi connectivity index (χ4n) is 1.81. The topological polar surface area (TPSA) is 47.3 Å². The summed E-state index contributed by atoms with van der Waals surface area (Å²) < 4.78 is 44.4. The molecule has 0 fully saturated rings. The number of aryl methyl sites for hydroxylation is 1. The van der Waals surface area contributed by atoms with E-state index in [1.165, 1.54) is 36.2 Å². The van der Waals surface area contributed by atoms with E-state index < -0.39 is 12.3 Å². The summed E-state index contributed by atoms with van der Waals surface area (Å²) in [7, 11) is 1.41. The molecule has 7 heteroatoms. The quantitative estimate of drug-likeness (QED) is 0.943. The van der Waals surface area contributed by atoms with Crippen LogP contribution in [-0.4, -0.2) is 28.2 Å². The van der Waals surface area contributed by atoms with E-state index in [9.17, 15) is 18.3 Å². The molecule has 0 bridgehead atoms. The van der Waals surface area contributed by atoms with Crippen LogP contribution in [0.25, 0.3) is 5.69 Å². The molecule has 1 atom stereocenters. The first-order valence-electron chi connectivity index (χ1n) is 5.78. The second kappa shape index (κ2) is 5.16. The molecule has 108 valence electrons. The summed E-state index contributed by atoms with van der Waals surface area (Å²) >= 11 is 0. The van der Waals surface area contributed by atoms with Crippen molar-refractivity contribution in [1.82, 2.24) is 9.78 Å². The maximum absolute atomic E-state index is 12.7. The first-order chi connectivity index (χ1) is 9.32. The van der Waals surface area contributed by atoms with Crippen LogP contribution in [0, 0.1) is 6.92 Å². The first kappa shape index (κ1) is 14.4. The predicted octanol–water partition coefficient (Wildman–Crippen LogP) is 2.79. The van der Waals surface area contributed by atoms with E-state index in [2.05, 4.69) is 5.10 Å². The van der Waals surface area contributed by atoms with E-state index in [0.29, 0.717) is 11.4 Å². The zero-order chi connectivity index (χ0) is 14.9. The Hall–Kier alpha value is -2.02. The maximum atomic E-state index is 12.7. The number of benzene rings is 1. The third-order valence-electron chi connectivity index (χ3n) is 2.81. The van der Waals surface area contributed by atoms with Gasteiger partial charge in [0.25, 0.3) is 0 Å². The van der Waals surface area contributed by atoms with Gasteiger partial charge in [0, 0.05) is 17.8 Å². The number of hydrogen-bond acceptors (Lipinski definition) is 3. The van der Waals surface area contributed by atoms with Crippen molar-refractivity contribution in [3.63, 3.8) is 0 Å². The molecule has 4 nitrogen and oxygen atoms in total. The molecule has 0 amide bonds. The average Bonchev–Trinajstić information content (AvgIpc) is 2.82. The van der Waals surface area contributed by atoms with Gasteiger partial charge in [-0.05, 0) is 19.1 Å². The number of aliphatic hydroxyl groups excluding tert-OH is 1. The van der Waals surface area contributed by atoms with Crippen LogP contribution in [0.3, 0.4) is 0 Å². The van der Waals surface area contributed by atoms with Gasteiger partial charge in [0.15, 0.2) is 6.10 Å². The predicted molar refractivity (Wildman–Crippen MR) is 65.9 cm³/mol. The van der Waals surface area contributed by atoms with Crippen molar-refractivity contribution in [2.45, 2.75) is 19.2 Å². The van der Waals surface area contributed by atoms with Gasteiger partial charge in [0.05, 0.1) is 18.5 Å². The van der Waals surface area contributed by atoms with Gasteiger partial charge >= 0.3 is 6.18 Å². The highest BCUT2D eigenvalue weighted by Crippen LogP contribution is 2.36. The van der Waals surface area contributed by atoms with Crippen LogP contribution < -0.4 is 4.74 Å². The zero-order valence-electron chi connectivity index (χ0n) is 10.8. The Kier molecular flexibility index (Phi) is 3.71. The largest absolute Gasteiger partial charge is 0.497 e. The Balaban J connectivity index is 2.57. The van der Waals surface area contributed by atoms with E-state index in [1.54, 1.807) is 13.0 Å². The Morgan fingerprint density at radius 2 is 2.00 bits per heavy atom. The minimum Gasteiger partial charge on any atom is -0.497 e. The molecular formula is C13H13F3N2O2. The number of methoxy groups -OCH3 is 1. The third-order valence-corrected chi connectivity index (χ3v) is 2.81. The van der Waals surface area contributed by atoms with Crippen molar-refractivity contribution in [2.24, 2.45) is 0 Å². The first-order valence-corrected chi connectivity index (χ1v) is 5.78. The average molecular weight is 286 g/mol. The number of ether oxygens (including phenoxy) is 1. The summed E-state index contributed by atoms with van der Waals surface area (Å²) in [6.45, 7) is 1.72. The highest BCUT2D eigenvalue weighted by molar-refractivity contribution is 5.47. The smallest absolute Gasteiger partial charge is 0.418 e. The van der Waals surface area contributed by atoms with Crippen LogP contribution in [-0.2, 0) is 0 Å². The molecule has 2 rings (SSSR count). The van der Waals surface area contributed by atoms with Crippen molar-refractivity contribution in [3.8, 4) is 11.4 Å². The SMILES string of the molecule is COc1ccc([C@@H](O)C(F)(F)F)c(-n2ccc(C)n2)c1.